The van der Waals surface area contributed by atoms with Gasteiger partial charge in [0.05, 0.1) is 0 Å². The zero-order valence-corrected chi connectivity index (χ0v) is 6.00. The van der Waals surface area contributed by atoms with Crippen molar-refractivity contribution in [3.63, 3.8) is 0 Å². The van der Waals surface area contributed by atoms with Crippen LogP contribution in [0, 0.1) is 0 Å². The highest BCUT2D eigenvalue weighted by atomic mass is 16.5. The Morgan fingerprint density at radius 1 is 1.70 bits per heavy atom. The van der Waals surface area contributed by atoms with Crippen molar-refractivity contribution in [3.05, 3.63) is 6.20 Å². The molecule has 10 heavy (non-hydrogen) atoms. The lowest BCUT2D eigenvalue weighted by molar-refractivity contribution is 0.403. The summed E-state index contributed by atoms with van der Waals surface area (Å²) in [4.78, 5) is 0. The minimum atomic E-state index is 0.647. The molecule has 0 saturated carbocycles. The van der Waals surface area contributed by atoms with E-state index in [0.29, 0.717) is 5.88 Å². The fraction of sp³-hybridized carbons (Fsp3) is 0.667. The number of aromatic nitrogens is 2. The molecule has 0 aromatic carbocycles. The lowest BCUT2D eigenvalue weighted by atomic mass is 10.3. The van der Waals surface area contributed by atoms with Gasteiger partial charge in [-0.05, 0) is 6.42 Å². The summed E-state index contributed by atoms with van der Waals surface area (Å²) in [5, 5.41) is 9.87. The van der Waals surface area contributed by atoms with Crippen LogP contribution in [0.1, 0.15) is 19.8 Å². The second-order valence-electron chi connectivity index (χ2n) is 2.06. The summed E-state index contributed by atoms with van der Waals surface area (Å²) in [5.41, 5.74) is 0. The van der Waals surface area contributed by atoms with Gasteiger partial charge < -0.3 is 9.84 Å². The molecule has 0 unspecified atom stereocenters. The summed E-state index contributed by atoms with van der Waals surface area (Å²) >= 11 is 0. The van der Waals surface area contributed by atoms with Crippen LogP contribution in [0.2, 0.25) is 0 Å². The van der Waals surface area contributed by atoms with Crippen molar-refractivity contribution in [3.8, 4) is 0 Å². The lowest BCUT2D eigenvalue weighted by Crippen LogP contribution is -1.98. The molecule has 1 aromatic heterocycles. The molecule has 0 amide bonds. The molecule has 0 bridgehead atoms. The molecule has 1 heterocycles. The molecule has 1 rings (SSSR count). The molecule has 4 nitrogen and oxygen atoms in total. The van der Waals surface area contributed by atoms with Crippen molar-refractivity contribution in [2.24, 2.45) is 0 Å². The highest BCUT2D eigenvalue weighted by molar-refractivity contribution is 5.23. The second kappa shape index (κ2) is 3.87. The molecule has 0 aliphatic carbocycles. The first kappa shape index (κ1) is 7.05. The minimum absolute atomic E-state index is 0.647. The van der Waals surface area contributed by atoms with Crippen LogP contribution in [0.4, 0.5) is 5.88 Å². The summed E-state index contributed by atoms with van der Waals surface area (Å²) in [5.74, 6) is 0.647. The first-order valence-electron chi connectivity index (χ1n) is 3.44. The average molecular weight is 141 g/mol. The third kappa shape index (κ3) is 2.05. The van der Waals surface area contributed by atoms with Crippen molar-refractivity contribution in [1.82, 2.24) is 10.4 Å². The van der Waals surface area contributed by atoms with Gasteiger partial charge in [-0.1, -0.05) is 13.3 Å². The molecule has 0 atom stereocenters. The van der Waals surface area contributed by atoms with Gasteiger partial charge >= 0.3 is 0 Å². The number of nitrogens with one attached hydrogen (secondary N) is 1. The van der Waals surface area contributed by atoms with E-state index >= 15 is 0 Å². The molecule has 0 saturated heterocycles. The number of unbranched alkanes of at least 4 members (excludes halogenated alkanes) is 1. The van der Waals surface area contributed by atoms with Gasteiger partial charge in [0, 0.05) is 11.8 Å². The van der Waals surface area contributed by atoms with Gasteiger partial charge in [0.2, 0.25) is 5.88 Å². The monoisotopic (exact) mass is 141 g/mol. The van der Waals surface area contributed by atoms with E-state index in [2.05, 4.69) is 22.6 Å². The first-order chi connectivity index (χ1) is 4.93. The fourth-order valence-electron chi connectivity index (χ4n) is 0.633. The largest absolute Gasteiger partial charge is 0.353 e. The number of nitrogens with zero attached hydrogens (tertiary/aromatic N) is 2. The van der Waals surface area contributed by atoms with Crippen molar-refractivity contribution < 1.29 is 4.52 Å². The number of hydrogen-bond acceptors (Lipinski definition) is 4. The second-order valence-corrected chi connectivity index (χ2v) is 2.06. The van der Waals surface area contributed by atoms with Crippen LogP contribution in [-0.2, 0) is 0 Å². The normalized spacial score (nSPS) is 9.70. The highest BCUT2D eigenvalue weighted by Crippen LogP contribution is 2.00. The summed E-state index contributed by atoms with van der Waals surface area (Å²) in [6.45, 7) is 3.06. The van der Waals surface area contributed by atoms with E-state index in [-0.39, 0.29) is 0 Å². The Labute approximate surface area is 59.6 Å². The molecular weight excluding hydrogens is 130 g/mol. The molecule has 0 radical (unpaired) electrons. The standard InChI is InChI=1S/C6H11N3O/c1-2-3-4-7-6-5-8-9-10-6/h5,7H,2-4H2,1H3. The highest BCUT2D eigenvalue weighted by Gasteiger charge is 1.92. The smallest absolute Gasteiger partial charge is 0.245 e. The maximum Gasteiger partial charge on any atom is 0.245 e. The Morgan fingerprint density at radius 3 is 3.20 bits per heavy atom. The van der Waals surface area contributed by atoms with E-state index in [1.165, 1.54) is 6.42 Å². The van der Waals surface area contributed by atoms with Crippen LogP contribution in [-0.4, -0.2) is 16.9 Å². The van der Waals surface area contributed by atoms with Crippen LogP contribution >= 0.6 is 0 Å². The molecule has 0 aliphatic rings. The van der Waals surface area contributed by atoms with Crippen LogP contribution in [0.15, 0.2) is 10.7 Å². The Balaban J connectivity index is 2.15. The SMILES string of the molecule is CCCCNc1cnno1. The maximum atomic E-state index is 4.71. The number of rotatable bonds is 4. The molecule has 0 spiro atoms. The van der Waals surface area contributed by atoms with Crippen molar-refractivity contribution >= 4 is 5.88 Å². The van der Waals surface area contributed by atoms with E-state index in [1.54, 1.807) is 6.20 Å². The van der Waals surface area contributed by atoms with Crippen molar-refractivity contribution in [2.45, 2.75) is 19.8 Å². The van der Waals surface area contributed by atoms with Gasteiger partial charge in [-0.2, -0.15) is 0 Å². The Kier molecular flexibility index (Phi) is 2.73. The van der Waals surface area contributed by atoms with E-state index in [0.717, 1.165) is 13.0 Å². The summed E-state index contributed by atoms with van der Waals surface area (Å²) < 4.78 is 4.71. The van der Waals surface area contributed by atoms with E-state index in [4.69, 9.17) is 4.52 Å². The zero-order valence-electron chi connectivity index (χ0n) is 6.00. The molecule has 4 heteroatoms. The van der Waals surface area contributed by atoms with Crippen molar-refractivity contribution in [2.75, 3.05) is 11.9 Å². The zero-order chi connectivity index (χ0) is 7.23. The van der Waals surface area contributed by atoms with E-state index in [1.807, 2.05) is 0 Å². The topological polar surface area (TPSA) is 51.0 Å². The Hall–Kier alpha value is -1.06. The van der Waals surface area contributed by atoms with Gasteiger partial charge in [-0.3, -0.25) is 0 Å². The molecule has 0 fully saturated rings. The summed E-state index contributed by atoms with van der Waals surface area (Å²) in [7, 11) is 0. The number of hydrogen-bond donors (Lipinski definition) is 1. The fourth-order valence-corrected chi connectivity index (χ4v) is 0.633. The maximum absolute atomic E-state index is 4.71. The van der Waals surface area contributed by atoms with Crippen LogP contribution in [0.25, 0.3) is 0 Å². The lowest BCUT2D eigenvalue weighted by Gasteiger charge is -1.96. The van der Waals surface area contributed by atoms with Crippen LogP contribution < -0.4 is 5.32 Å². The molecule has 1 N–H and O–H groups in total. The van der Waals surface area contributed by atoms with Gasteiger partial charge in [0.25, 0.3) is 0 Å². The number of anilines is 1. The molecule has 0 aliphatic heterocycles. The summed E-state index contributed by atoms with van der Waals surface area (Å²) in [6, 6.07) is 0. The van der Waals surface area contributed by atoms with Crippen LogP contribution in [0.5, 0.6) is 0 Å². The molecule has 1 aromatic rings. The average Bonchev–Trinajstić information content (AvgIpc) is 2.41. The third-order valence-corrected chi connectivity index (χ3v) is 1.19. The quantitative estimate of drug-likeness (QED) is 0.642. The Bertz CT molecular complexity index is 162. The molecular formula is C6H11N3O. The van der Waals surface area contributed by atoms with Gasteiger partial charge in [-0.15, -0.1) is 5.10 Å². The predicted octanol–water partition coefficient (Wildman–Crippen LogP) is 1.28. The van der Waals surface area contributed by atoms with E-state index < -0.39 is 0 Å². The van der Waals surface area contributed by atoms with E-state index in [9.17, 15) is 0 Å². The minimum Gasteiger partial charge on any atom is -0.353 e. The predicted molar refractivity (Wildman–Crippen MR) is 37.7 cm³/mol. The molecule has 56 valence electrons. The summed E-state index contributed by atoms with van der Waals surface area (Å²) in [6.07, 6.45) is 3.88. The van der Waals surface area contributed by atoms with Gasteiger partial charge in [0.1, 0.15) is 6.20 Å². The van der Waals surface area contributed by atoms with Gasteiger partial charge in [-0.25, -0.2) is 0 Å². The van der Waals surface area contributed by atoms with Crippen molar-refractivity contribution in [1.29, 1.82) is 0 Å². The van der Waals surface area contributed by atoms with Crippen LogP contribution in [0.3, 0.4) is 0 Å². The third-order valence-electron chi connectivity index (χ3n) is 1.19. The Morgan fingerprint density at radius 2 is 2.60 bits per heavy atom. The van der Waals surface area contributed by atoms with Gasteiger partial charge in [0.15, 0.2) is 0 Å². The first-order valence-corrected chi connectivity index (χ1v) is 3.44.